The van der Waals surface area contributed by atoms with E-state index in [4.69, 9.17) is 18.5 Å². The third-order valence-corrected chi connectivity index (χ3v) is 6.26. The Balaban J connectivity index is 2.15. The fourth-order valence-corrected chi connectivity index (χ4v) is 3.89. The predicted octanol–water partition coefficient (Wildman–Crippen LogP) is 3.98. The quantitative estimate of drug-likeness (QED) is 0.444. The van der Waals surface area contributed by atoms with Gasteiger partial charge in [0.15, 0.2) is 0 Å². The Morgan fingerprint density at radius 2 is 1.53 bits per heavy atom. The predicted molar refractivity (Wildman–Crippen MR) is 121 cm³/mol. The van der Waals surface area contributed by atoms with E-state index in [1.54, 1.807) is 45.0 Å². The molecule has 0 heterocycles. The molecule has 1 atom stereocenters. The summed E-state index contributed by atoms with van der Waals surface area (Å²) in [6.45, 7) is 5.28. The van der Waals surface area contributed by atoms with E-state index in [1.165, 1.54) is 14.2 Å². The average molecular weight is 463 g/mol. The Morgan fingerprint density at radius 1 is 0.938 bits per heavy atom. The lowest BCUT2D eigenvalue weighted by Crippen LogP contribution is -2.45. The summed E-state index contributed by atoms with van der Waals surface area (Å²) in [6, 6.07) is 14.8. The Hall–Kier alpha value is -2.67. The molecule has 9 heteroatoms. The lowest BCUT2D eigenvalue weighted by molar-refractivity contribution is -0.147. The first kappa shape index (κ1) is 25.6. The molecule has 2 rings (SSSR count). The number of benzene rings is 2. The topological polar surface area (TPSA) is 100 Å². The van der Waals surface area contributed by atoms with Crippen molar-refractivity contribution >= 4 is 25.0 Å². The number of carbonyl (C=O) groups is 2. The molecule has 0 spiro atoms. The van der Waals surface area contributed by atoms with Crippen LogP contribution in [0.2, 0.25) is 0 Å². The number of hydrogen-bond acceptors (Lipinski definition) is 7. The summed E-state index contributed by atoms with van der Waals surface area (Å²) in [5, 5.41) is 2.97. The molecule has 0 bridgehead atoms. The molecule has 0 aliphatic rings. The highest BCUT2D eigenvalue weighted by molar-refractivity contribution is 7.62. The third kappa shape index (κ3) is 7.79. The van der Waals surface area contributed by atoms with Crippen molar-refractivity contribution in [3.63, 3.8) is 0 Å². The number of esters is 1. The van der Waals surface area contributed by atoms with Gasteiger partial charge < -0.3 is 23.8 Å². The maximum atomic E-state index is 12.8. The first-order valence-corrected chi connectivity index (χ1v) is 11.6. The van der Waals surface area contributed by atoms with Gasteiger partial charge >= 0.3 is 19.7 Å². The SMILES string of the molecule is COP(=O)(OC)c1ccc(C[C@H](NC(=O)OC(C)(C)C)C(=O)OCc2ccccc2)cc1. The maximum absolute atomic E-state index is 12.8. The second-order valence-corrected chi connectivity index (χ2v) is 10.3. The Kier molecular flexibility index (Phi) is 9.01. The summed E-state index contributed by atoms with van der Waals surface area (Å²) in [4.78, 5) is 25.1. The molecule has 1 amide bonds. The van der Waals surface area contributed by atoms with E-state index in [9.17, 15) is 14.2 Å². The lowest BCUT2D eigenvalue weighted by Gasteiger charge is -2.23. The Bertz CT molecular complexity index is 931. The third-order valence-electron chi connectivity index (χ3n) is 4.37. The summed E-state index contributed by atoms with van der Waals surface area (Å²) in [5.41, 5.74) is 0.826. The van der Waals surface area contributed by atoms with E-state index in [0.717, 1.165) is 5.56 Å². The van der Waals surface area contributed by atoms with E-state index in [1.807, 2.05) is 30.3 Å². The highest BCUT2D eigenvalue weighted by Gasteiger charge is 2.27. The van der Waals surface area contributed by atoms with Crippen LogP contribution in [-0.4, -0.2) is 37.9 Å². The molecule has 32 heavy (non-hydrogen) atoms. The summed E-state index contributed by atoms with van der Waals surface area (Å²) in [7, 11) is -0.764. The van der Waals surface area contributed by atoms with Crippen molar-refractivity contribution in [2.24, 2.45) is 0 Å². The molecule has 0 fully saturated rings. The molecule has 8 nitrogen and oxygen atoms in total. The number of alkyl carbamates (subject to hydrolysis) is 1. The second-order valence-electron chi connectivity index (χ2n) is 8.03. The summed E-state index contributed by atoms with van der Waals surface area (Å²) >= 11 is 0. The van der Waals surface area contributed by atoms with Crippen LogP contribution in [-0.2, 0) is 40.9 Å². The largest absolute Gasteiger partial charge is 0.459 e. The van der Waals surface area contributed by atoms with Crippen LogP contribution >= 0.6 is 7.60 Å². The van der Waals surface area contributed by atoms with E-state index in [0.29, 0.717) is 10.9 Å². The summed E-state index contributed by atoms with van der Waals surface area (Å²) < 4.78 is 33.2. The van der Waals surface area contributed by atoms with E-state index in [-0.39, 0.29) is 13.0 Å². The number of hydrogen-bond donors (Lipinski definition) is 1. The molecule has 0 saturated heterocycles. The molecule has 1 N–H and O–H groups in total. The number of carbonyl (C=O) groups excluding carboxylic acids is 2. The first-order valence-electron chi connectivity index (χ1n) is 10.1. The Labute approximate surface area is 188 Å². The highest BCUT2D eigenvalue weighted by Crippen LogP contribution is 2.44. The smallest absolute Gasteiger partial charge is 0.408 e. The molecule has 0 unspecified atom stereocenters. The number of ether oxygens (including phenoxy) is 2. The molecule has 0 aliphatic carbocycles. The van der Waals surface area contributed by atoms with Gasteiger partial charge in [-0.2, -0.15) is 0 Å². The van der Waals surface area contributed by atoms with Gasteiger partial charge in [-0.15, -0.1) is 0 Å². The van der Waals surface area contributed by atoms with Crippen molar-refractivity contribution in [2.45, 2.75) is 45.4 Å². The van der Waals surface area contributed by atoms with Crippen LogP contribution in [0, 0.1) is 0 Å². The van der Waals surface area contributed by atoms with Crippen LogP contribution in [0.15, 0.2) is 54.6 Å². The summed E-state index contributed by atoms with van der Waals surface area (Å²) in [6.07, 6.45) is -0.573. The molecular formula is C23H30NO7P. The van der Waals surface area contributed by atoms with Crippen molar-refractivity contribution in [3.05, 3.63) is 65.7 Å². The van der Waals surface area contributed by atoms with E-state index >= 15 is 0 Å². The Morgan fingerprint density at radius 3 is 2.06 bits per heavy atom. The number of nitrogens with one attached hydrogen (secondary N) is 1. The van der Waals surface area contributed by atoms with Crippen LogP contribution in [0.3, 0.4) is 0 Å². The van der Waals surface area contributed by atoms with Crippen LogP contribution in [0.25, 0.3) is 0 Å². The molecular weight excluding hydrogens is 433 g/mol. The monoisotopic (exact) mass is 463 g/mol. The van der Waals surface area contributed by atoms with Gasteiger partial charge in [-0.05, 0) is 44.0 Å². The first-order chi connectivity index (χ1) is 15.1. The van der Waals surface area contributed by atoms with Crippen molar-refractivity contribution < 1.29 is 32.7 Å². The number of rotatable bonds is 9. The van der Waals surface area contributed by atoms with Gasteiger partial charge in [0.25, 0.3) is 0 Å². The van der Waals surface area contributed by atoms with E-state index < -0.39 is 31.3 Å². The highest BCUT2D eigenvalue weighted by atomic mass is 31.2. The van der Waals surface area contributed by atoms with Crippen LogP contribution in [0.5, 0.6) is 0 Å². The van der Waals surface area contributed by atoms with Gasteiger partial charge in [0, 0.05) is 20.6 Å². The van der Waals surface area contributed by atoms with Crippen molar-refractivity contribution in [3.8, 4) is 0 Å². The van der Waals surface area contributed by atoms with Gasteiger partial charge in [-0.3, -0.25) is 4.57 Å². The molecule has 0 aliphatic heterocycles. The second kappa shape index (κ2) is 11.3. The zero-order chi connectivity index (χ0) is 23.8. The fraction of sp³-hybridized carbons (Fsp3) is 0.391. The van der Waals surface area contributed by atoms with Crippen molar-refractivity contribution in [2.75, 3.05) is 14.2 Å². The molecule has 2 aromatic rings. The summed E-state index contributed by atoms with van der Waals surface area (Å²) in [5.74, 6) is -0.594. The van der Waals surface area contributed by atoms with Crippen LogP contribution in [0.1, 0.15) is 31.9 Å². The zero-order valence-corrected chi connectivity index (χ0v) is 19.9. The standard InChI is InChI=1S/C23H30NO7P/c1-23(2,3)31-22(26)24-20(21(25)30-16-18-9-7-6-8-10-18)15-17-11-13-19(14-12-17)32(27,28-4)29-5/h6-14,20H,15-16H2,1-5H3,(H,24,26)/t20-/m0/s1. The molecule has 0 aromatic heterocycles. The van der Waals surface area contributed by atoms with Crippen LogP contribution < -0.4 is 10.6 Å². The van der Waals surface area contributed by atoms with Crippen molar-refractivity contribution in [1.29, 1.82) is 0 Å². The molecule has 174 valence electrons. The zero-order valence-electron chi connectivity index (χ0n) is 19.0. The normalized spacial score (nSPS) is 12.7. The maximum Gasteiger partial charge on any atom is 0.408 e. The molecule has 0 saturated carbocycles. The van der Waals surface area contributed by atoms with Gasteiger partial charge in [0.2, 0.25) is 0 Å². The van der Waals surface area contributed by atoms with Gasteiger partial charge in [0.05, 0.1) is 5.30 Å². The minimum Gasteiger partial charge on any atom is -0.459 e. The molecule has 0 radical (unpaired) electrons. The fourth-order valence-electron chi connectivity index (χ4n) is 2.81. The molecule has 2 aromatic carbocycles. The minimum absolute atomic E-state index is 0.0793. The lowest BCUT2D eigenvalue weighted by atomic mass is 10.1. The van der Waals surface area contributed by atoms with Gasteiger partial charge in [-0.25, -0.2) is 9.59 Å². The van der Waals surface area contributed by atoms with Gasteiger partial charge in [0.1, 0.15) is 18.2 Å². The van der Waals surface area contributed by atoms with E-state index in [2.05, 4.69) is 5.32 Å². The van der Waals surface area contributed by atoms with Crippen molar-refractivity contribution in [1.82, 2.24) is 5.32 Å². The number of amides is 1. The van der Waals surface area contributed by atoms with Gasteiger partial charge in [-0.1, -0.05) is 42.5 Å². The van der Waals surface area contributed by atoms with Crippen LogP contribution in [0.4, 0.5) is 4.79 Å². The minimum atomic E-state index is -3.38. The average Bonchev–Trinajstić information content (AvgIpc) is 2.76.